The van der Waals surface area contributed by atoms with E-state index in [4.69, 9.17) is 4.74 Å². The van der Waals surface area contributed by atoms with Crippen LogP contribution in [-0.4, -0.2) is 64.5 Å². The van der Waals surface area contributed by atoms with Crippen LogP contribution in [-0.2, 0) is 33.7 Å². The molecule has 0 fully saturated rings. The summed E-state index contributed by atoms with van der Waals surface area (Å²) in [4.78, 5) is 40.5. The third-order valence-corrected chi connectivity index (χ3v) is 8.96. The minimum absolute atomic E-state index is 0.0797. The van der Waals surface area contributed by atoms with Crippen LogP contribution in [0.3, 0.4) is 0 Å². The van der Waals surface area contributed by atoms with E-state index in [0.29, 0.717) is 12.0 Å². The van der Waals surface area contributed by atoms with Gasteiger partial charge in [0.25, 0.3) is 11.8 Å². The fourth-order valence-electron chi connectivity index (χ4n) is 6.39. The van der Waals surface area contributed by atoms with Crippen LogP contribution in [0.5, 0.6) is 0 Å². The van der Waals surface area contributed by atoms with Crippen LogP contribution >= 0.6 is 0 Å². The third-order valence-electron chi connectivity index (χ3n) is 8.96. The molecule has 3 amide bonds. The summed E-state index contributed by atoms with van der Waals surface area (Å²) in [6.45, 7) is 5.22. The quantitative estimate of drug-likeness (QED) is 0.137. The van der Waals surface area contributed by atoms with Gasteiger partial charge in [-0.2, -0.15) is 0 Å². The molecule has 4 aromatic rings. The molecule has 1 aliphatic carbocycles. The largest absolute Gasteiger partial charge is 0.453 e. The van der Waals surface area contributed by atoms with E-state index in [1.165, 1.54) is 12.1 Å². The maximum absolute atomic E-state index is 14.3. The highest BCUT2D eigenvalue weighted by Crippen LogP contribution is 2.32. The Hall–Kier alpha value is -5.03. The average molecular weight is 679 g/mol. The molecule has 0 radical (unpaired) electrons. The van der Waals surface area contributed by atoms with Crippen LogP contribution in [0.25, 0.3) is 11.1 Å². The van der Waals surface area contributed by atoms with Crippen LogP contribution in [0.15, 0.2) is 109 Å². The Morgan fingerprint density at radius 1 is 0.860 bits per heavy atom. The van der Waals surface area contributed by atoms with E-state index in [9.17, 15) is 24.6 Å². The van der Waals surface area contributed by atoms with E-state index >= 15 is 0 Å². The van der Waals surface area contributed by atoms with Crippen LogP contribution in [0.1, 0.15) is 49.1 Å². The zero-order valence-electron chi connectivity index (χ0n) is 28.9. The molecule has 0 saturated heterocycles. The number of hydrogen-bond donors (Lipinski definition) is 5. The minimum Gasteiger partial charge on any atom is -0.453 e. The summed E-state index contributed by atoms with van der Waals surface area (Å²) in [5.41, 5.74) is 5.31. The lowest BCUT2D eigenvalue weighted by Gasteiger charge is -2.37. The first-order valence-corrected chi connectivity index (χ1v) is 16.7. The zero-order chi connectivity index (χ0) is 35.9. The van der Waals surface area contributed by atoms with Gasteiger partial charge in [0.15, 0.2) is 5.60 Å². The van der Waals surface area contributed by atoms with Crippen molar-refractivity contribution in [3.63, 3.8) is 0 Å². The van der Waals surface area contributed by atoms with Gasteiger partial charge in [-0.05, 0) is 44.9 Å². The highest BCUT2D eigenvalue weighted by molar-refractivity contribution is 5.87. The van der Waals surface area contributed by atoms with Gasteiger partial charge in [-0.3, -0.25) is 15.0 Å². The summed E-state index contributed by atoms with van der Waals surface area (Å²) in [6, 6.07) is 32.6. The van der Waals surface area contributed by atoms with Crippen molar-refractivity contribution in [2.24, 2.45) is 5.41 Å². The number of aliphatic hydroxyl groups excluding tert-OH is 1. The van der Waals surface area contributed by atoms with E-state index in [0.717, 1.165) is 27.8 Å². The number of amides is 3. The van der Waals surface area contributed by atoms with E-state index in [-0.39, 0.29) is 19.5 Å². The van der Waals surface area contributed by atoms with Crippen molar-refractivity contribution in [2.45, 2.75) is 63.9 Å². The molecule has 0 heterocycles. The molecule has 0 aliphatic heterocycles. The summed E-state index contributed by atoms with van der Waals surface area (Å²) in [5.74, 6) is -1.25. The van der Waals surface area contributed by atoms with Gasteiger partial charge in [-0.25, -0.2) is 9.80 Å². The first-order chi connectivity index (χ1) is 23.9. The minimum atomic E-state index is -2.07. The monoisotopic (exact) mass is 678 g/mol. The number of nitrogens with zero attached hydrogens (tertiary/aromatic N) is 1. The van der Waals surface area contributed by atoms with Gasteiger partial charge in [-0.1, -0.05) is 124 Å². The molecule has 0 aromatic heterocycles. The molecule has 5 rings (SSSR count). The Morgan fingerprint density at radius 2 is 1.48 bits per heavy atom. The standard InChI is InChI=1S/C40H46N4O6/c1-39(2,3)35(42-38(48)50-4)36(46)43-44(25-28-16-13-20-30(22-28)29-17-9-6-10-18-29)26-40(49,24-27-14-7-5-8-15-27)37(47)41-34-32-21-12-11-19-31(32)23-33(34)45/h5-22,33-35,45,49H,23-26H2,1-4H3,(H,41,47)(H,42,48)(H,43,46)/t33-,34+,35-,40-/m1/s1. The smallest absolute Gasteiger partial charge is 0.407 e. The van der Waals surface area contributed by atoms with Gasteiger partial charge in [0.05, 0.1) is 25.8 Å². The molecule has 10 heteroatoms. The second-order valence-electron chi connectivity index (χ2n) is 13.9. The lowest BCUT2D eigenvalue weighted by molar-refractivity contribution is -0.147. The number of hydrogen-bond acceptors (Lipinski definition) is 7. The second kappa shape index (κ2) is 15.7. The Morgan fingerprint density at radius 3 is 2.16 bits per heavy atom. The predicted molar refractivity (Wildman–Crippen MR) is 191 cm³/mol. The van der Waals surface area contributed by atoms with Crippen molar-refractivity contribution in [3.05, 3.63) is 131 Å². The summed E-state index contributed by atoms with van der Waals surface area (Å²) >= 11 is 0. The molecule has 10 nitrogen and oxygen atoms in total. The summed E-state index contributed by atoms with van der Waals surface area (Å²) in [6.07, 6.45) is -1.34. The number of carbonyl (C=O) groups is 3. The molecule has 1 aliphatic rings. The molecule has 4 aromatic carbocycles. The van der Waals surface area contributed by atoms with Crippen molar-refractivity contribution >= 4 is 17.9 Å². The van der Waals surface area contributed by atoms with Crippen LogP contribution in [0, 0.1) is 5.41 Å². The van der Waals surface area contributed by atoms with E-state index in [1.54, 1.807) is 0 Å². The fourth-order valence-corrected chi connectivity index (χ4v) is 6.39. The first-order valence-electron chi connectivity index (χ1n) is 16.7. The molecule has 0 bridgehead atoms. The zero-order valence-corrected chi connectivity index (χ0v) is 28.9. The number of nitrogens with one attached hydrogen (secondary N) is 3. The molecule has 4 atom stereocenters. The second-order valence-corrected chi connectivity index (χ2v) is 13.9. The topological polar surface area (TPSA) is 140 Å². The summed E-state index contributed by atoms with van der Waals surface area (Å²) in [7, 11) is 1.22. The average Bonchev–Trinajstić information content (AvgIpc) is 3.41. The maximum Gasteiger partial charge on any atom is 0.407 e. The third kappa shape index (κ3) is 8.95. The van der Waals surface area contributed by atoms with Crippen molar-refractivity contribution in [1.82, 2.24) is 21.1 Å². The van der Waals surface area contributed by atoms with Gasteiger partial charge >= 0.3 is 6.09 Å². The van der Waals surface area contributed by atoms with E-state index in [2.05, 4.69) is 16.1 Å². The lowest BCUT2D eigenvalue weighted by Crippen LogP contribution is -2.62. The summed E-state index contributed by atoms with van der Waals surface area (Å²) in [5, 5.41) is 30.4. The number of aliphatic hydroxyl groups is 2. The first kappa shape index (κ1) is 36.3. The normalized spacial score (nSPS) is 17.3. The SMILES string of the molecule is COC(=O)N[C@H](C(=O)NN(Cc1cccc(-c2ccccc2)c1)C[C@](O)(Cc1ccccc1)C(=O)N[C@H]1c2ccccc2C[C@H]1O)C(C)(C)C. The highest BCUT2D eigenvalue weighted by atomic mass is 16.5. The molecule has 0 unspecified atom stereocenters. The van der Waals surface area contributed by atoms with Gasteiger partial charge in [0.2, 0.25) is 0 Å². The Kier molecular flexibility index (Phi) is 11.4. The van der Waals surface area contributed by atoms with Crippen molar-refractivity contribution in [1.29, 1.82) is 0 Å². The number of alkyl carbamates (subject to hydrolysis) is 1. The van der Waals surface area contributed by atoms with Gasteiger partial charge in [0.1, 0.15) is 6.04 Å². The fraction of sp³-hybridized carbons (Fsp3) is 0.325. The highest BCUT2D eigenvalue weighted by Gasteiger charge is 2.43. The summed E-state index contributed by atoms with van der Waals surface area (Å²) < 4.78 is 4.80. The Bertz CT molecular complexity index is 1780. The Labute approximate surface area is 293 Å². The van der Waals surface area contributed by atoms with Crippen LogP contribution < -0.4 is 16.1 Å². The molecule has 262 valence electrons. The molecule has 50 heavy (non-hydrogen) atoms. The molecule has 0 saturated carbocycles. The molecular weight excluding hydrogens is 632 g/mol. The van der Waals surface area contributed by atoms with Crippen LogP contribution in [0.2, 0.25) is 0 Å². The Balaban J connectivity index is 1.50. The van der Waals surface area contributed by atoms with Gasteiger partial charge in [0, 0.05) is 19.4 Å². The van der Waals surface area contributed by atoms with Crippen molar-refractivity contribution < 1.29 is 29.3 Å². The van der Waals surface area contributed by atoms with Crippen molar-refractivity contribution in [2.75, 3.05) is 13.7 Å². The lowest BCUT2D eigenvalue weighted by atomic mass is 9.86. The van der Waals surface area contributed by atoms with Crippen molar-refractivity contribution in [3.8, 4) is 11.1 Å². The number of hydrazine groups is 1. The number of rotatable bonds is 12. The van der Waals surface area contributed by atoms with E-state index in [1.807, 2.05) is 130 Å². The van der Waals surface area contributed by atoms with Gasteiger partial charge < -0.3 is 25.6 Å². The number of carbonyl (C=O) groups excluding carboxylic acids is 3. The number of benzene rings is 4. The van der Waals surface area contributed by atoms with E-state index < -0.39 is 47.1 Å². The molecule has 5 N–H and O–H groups in total. The predicted octanol–water partition coefficient (Wildman–Crippen LogP) is 4.71. The number of fused-ring (bicyclic) bond motifs is 1. The molecular formula is C40H46N4O6. The molecule has 0 spiro atoms. The maximum atomic E-state index is 14.3. The van der Waals surface area contributed by atoms with Crippen LogP contribution in [0.4, 0.5) is 4.79 Å². The number of methoxy groups -OCH3 is 1. The van der Waals surface area contributed by atoms with Gasteiger partial charge in [-0.15, -0.1) is 0 Å². The number of ether oxygens (including phenoxy) is 1.